The third kappa shape index (κ3) is 4.58. The molecule has 0 radical (unpaired) electrons. The fourth-order valence-corrected chi connectivity index (χ4v) is 2.54. The fraction of sp³-hybridized carbons (Fsp3) is 0.429. The van der Waals surface area contributed by atoms with Crippen molar-refractivity contribution < 1.29 is 14.3 Å². The minimum atomic E-state index is -0.422. The van der Waals surface area contributed by atoms with E-state index < -0.39 is 6.03 Å². The van der Waals surface area contributed by atoms with Gasteiger partial charge in [0.25, 0.3) is 0 Å². The number of hydrogen-bond donors (Lipinski definition) is 3. The first-order chi connectivity index (χ1) is 10.6. The van der Waals surface area contributed by atoms with Crippen molar-refractivity contribution in [3.8, 4) is 0 Å². The Hall–Kier alpha value is -1.34. The lowest BCUT2D eigenvalue weighted by Crippen LogP contribution is -2.49. The second kappa shape index (κ2) is 8.33. The summed E-state index contributed by atoms with van der Waals surface area (Å²) in [5.74, 6) is 0. The largest absolute Gasteiger partial charge is 0.370 e. The van der Waals surface area contributed by atoms with Gasteiger partial charge in [0.15, 0.2) is 0 Å². The number of urea groups is 1. The van der Waals surface area contributed by atoms with Gasteiger partial charge in [-0.25, -0.2) is 4.79 Å². The van der Waals surface area contributed by atoms with Crippen molar-refractivity contribution in [3.63, 3.8) is 0 Å². The molecule has 120 valence electrons. The zero-order chi connectivity index (χ0) is 15.9. The molecule has 1 aliphatic heterocycles. The highest BCUT2D eigenvalue weighted by atomic mass is 35.5. The number of amides is 2. The van der Waals surface area contributed by atoms with Gasteiger partial charge in [-0.1, -0.05) is 29.3 Å². The first-order valence-corrected chi connectivity index (χ1v) is 7.62. The highest BCUT2D eigenvalue weighted by Crippen LogP contribution is 2.29. The van der Waals surface area contributed by atoms with Crippen LogP contribution in [0.4, 0.5) is 4.79 Å². The Morgan fingerprint density at radius 3 is 2.95 bits per heavy atom. The zero-order valence-electron chi connectivity index (χ0n) is 11.8. The van der Waals surface area contributed by atoms with E-state index in [1.54, 1.807) is 12.1 Å². The number of ether oxygens (including phenoxy) is 1. The van der Waals surface area contributed by atoms with Gasteiger partial charge in [-0.15, -0.1) is 0 Å². The highest BCUT2D eigenvalue weighted by molar-refractivity contribution is 6.42. The van der Waals surface area contributed by atoms with E-state index in [1.807, 2.05) is 6.07 Å². The molecule has 0 bridgehead atoms. The van der Waals surface area contributed by atoms with Crippen LogP contribution in [0.5, 0.6) is 0 Å². The van der Waals surface area contributed by atoms with E-state index in [2.05, 4.69) is 16.0 Å². The molecular formula is C14H17Cl2N3O3. The molecule has 1 aliphatic rings. The molecule has 0 aliphatic carbocycles. The number of carbonyl (C=O) groups is 2. The van der Waals surface area contributed by atoms with Crippen LogP contribution in [0.1, 0.15) is 11.7 Å². The standard InChI is InChI=1S/C14H17Cl2N3O3/c15-10-2-1-9(7-11(10)16)13-12(8-17-4-6-22-13)19-14(21)18-3-5-20/h1-2,5,7,12-13,17H,3-4,6,8H2,(H2,18,19,21)/t12-,13+/m1/s1. The zero-order valence-corrected chi connectivity index (χ0v) is 13.3. The number of benzene rings is 1. The van der Waals surface area contributed by atoms with Gasteiger partial charge < -0.3 is 25.5 Å². The van der Waals surface area contributed by atoms with E-state index in [-0.39, 0.29) is 18.7 Å². The van der Waals surface area contributed by atoms with Crippen LogP contribution in [0.25, 0.3) is 0 Å². The van der Waals surface area contributed by atoms with Gasteiger partial charge in [-0.3, -0.25) is 0 Å². The molecule has 3 N–H and O–H groups in total. The summed E-state index contributed by atoms with van der Waals surface area (Å²) in [6.07, 6.45) is 0.268. The normalized spacial score (nSPS) is 21.7. The lowest BCUT2D eigenvalue weighted by Gasteiger charge is -2.26. The highest BCUT2D eigenvalue weighted by Gasteiger charge is 2.27. The van der Waals surface area contributed by atoms with Crippen molar-refractivity contribution in [3.05, 3.63) is 33.8 Å². The second-order valence-electron chi connectivity index (χ2n) is 4.80. The third-order valence-electron chi connectivity index (χ3n) is 3.24. The Balaban J connectivity index is 2.14. The maximum Gasteiger partial charge on any atom is 0.315 e. The molecule has 22 heavy (non-hydrogen) atoms. The molecule has 0 spiro atoms. The van der Waals surface area contributed by atoms with Crippen molar-refractivity contribution in [1.29, 1.82) is 0 Å². The minimum Gasteiger partial charge on any atom is -0.370 e. The summed E-state index contributed by atoms with van der Waals surface area (Å²) in [5, 5.41) is 9.33. The summed E-state index contributed by atoms with van der Waals surface area (Å²) >= 11 is 12.0. The van der Waals surface area contributed by atoms with Crippen LogP contribution < -0.4 is 16.0 Å². The molecule has 2 rings (SSSR count). The van der Waals surface area contributed by atoms with E-state index >= 15 is 0 Å². The molecule has 2 amide bonds. The number of nitrogens with one attached hydrogen (secondary N) is 3. The Bertz CT molecular complexity index is 542. The van der Waals surface area contributed by atoms with Gasteiger partial charge in [-0.05, 0) is 17.7 Å². The van der Waals surface area contributed by atoms with Crippen molar-refractivity contribution in [2.45, 2.75) is 12.1 Å². The molecule has 1 fully saturated rings. The lowest BCUT2D eigenvalue weighted by molar-refractivity contribution is -0.107. The van der Waals surface area contributed by atoms with Crippen LogP contribution in [0, 0.1) is 0 Å². The minimum absolute atomic E-state index is 0.0374. The van der Waals surface area contributed by atoms with Gasteiger partial charge in [0.2, 0.25) is 0 Å². The van der Waals surface area contributed by atoms with Gasteiger partial charge in [-0.2, -0.15) is 0 Å². The molecule has 1 saturated heterocycles. The third-order valence-corrected chi connectivity index (χ3v) is 3.98. The summed E-state index contributed by atoms with van der Waals surface area (Å²) in [5.41, 5.74) is 0.832. The first-order valence-electron chi connectivity index (χ1n) is 6.87. The fourth-order valence-electron chi connectivity index (χ4n) is 2.24. The summed E-state index contributed by atoms with van der Waals surface area (Å²) < 4.78 is 5.83. The molecule has 1 aromatic rings. The quantitative estimate of drug-likeness (QED) is 0.723. The molecular weight excluding hydrogens is 329 g/mol. The number of rotatable bonds is 4. The van der Waals surface area contributed by atoms with Crippen molar-refractivity contribution in [2.75, 3.05) is 26.2 Å². The van der Waals surface area contributed by atoms with Crippen molar-refractivity contribution in [1.82, 2.24) is 16.0 Å². The van der Waals surface area contributed by atoms with Crippen molar-refractivity contribution in [2.24, 2.45) is 0 Å². The second-order valence-corrected chi connectivity index (χ2v) is 5.61. The van der Waals surface area contributed by atoms with Gasteiger partial charge in [0.05, 0.1) is 29.2 Å². The molecule has 1 aromatic carbocycles. The predicted octanol–water partition coefficient (Wildman–Crippen LogP) is 1.52. The summed E-state index contributed by atoms with van der Waals surface area (Å²) in [6, 6.07) is 4.53. The van der Waals surface area contributed by atoms with Gasteiger partial charge in [0.1, 0.15) is 12.4 Å². The maximum absolute atomic E-state index is 11.8. The Labute approximate surface area is 138 Å². The SMILES string of the molecule is O=CCNC(=O)N[C@@H]1CNCCO[C@H]1c1ccc(Cl)c(Cl)c1. The maximum atomic E-state index is 11.8. The number of hydrogen-bond acceptors (Lipinski definition) is 4. The van der Waals surface area contributed by atoms with Crippen LogP contribution in [0.2, 0.25) is 10.0 Å². The van der Waals surface area contributed by atoms with E-state index in [4.69, 9.17) is 27.9 Å². The van der Waals surface area contributed by atoms with Crippen LogP contribution >= 0.6 is 23.2 Å². The summed E-state index contributed by atoms with van der Waals surface area (Å²) in [7, 11) is 0. The smallest absolute Gasteiger partial charge is 0.315 e. The topological polar surface area (TPSA) is 79.5 Å². The van der Waals surface area contributed by atoms with E-state index in [9.17, 15) is 9.59 Å². The summed E-state index contributed by atoms with van der Waals surface area (Å²) in [6.45, 7) is 1.70. The lowest BCUT2D eigenvalue weighted by atomic mass is 10.0. The monoisotopic (exact) mass is 345 g/mol. The Morgan fingerprint density at radius 2 is 2.23 bits per heavy atom. The molecule has 0 aromatic heterocycles. The molecule has 8 heteroatoms. The number of aldehydes is 1. The van der Waals surface area contributed by atoms with E-state index in [0.717, 1.165) is 5.56 Å². The van der Waals surface area contributed by atoms with E-state index in [1.165, 1.54) is 0 Å². The first kappa shape index (κ1) is 17.0. The van der Waals surface area contributed by atoms with E-state index in [0.29, 0.717) is 36.0 Å². The van der Waals surface area contributed by atoms with Crippen LogP contribution in [-0.2, 0) is 9.53 Å². The molecule has 0 unspecified atom stereocenters. The molecule has 2 atom stereocenters. The number of halogens is 2. The molecule has 6 nitrogen and oxygen atoms in total. The molecule has 1 heterocycles. The van der Waals surface area contributed by atoms with Gasteiger partial charge >= 0.3 is 6.03 Å². The number of carbonyl (C=O) groups excluding carboxylic acids is 2. The molecule has 0 saturated carbocycles. The predicted molar refractivity (Wildman–Crippen MR) is 84.4 cm³/mol. The average molecular weight is 346 g/mol. The average Bonchev–Trinajstić information content (AvgIpc) is 2.73. The van der Waals surface area contributed by atoms with Crippen LogP contribution in [0.15, 0.2) is 18.2 Å². The Morgan fingerprint density at radius 1 is 1.41 bits per heavy atom. The van der Waals surface area contributed by atoms with Crippen LogP contribution in [-0.4, -0.2) is 44.6 Å². The van der Waals surface area contributed by atoms with Gasteiger partial charge in [0, 0.05) is 13.1 Å². The van der Waals surface area contributed by atoms with Crippen molar-refractivity contribution >= 4 is 35.5 Å². The van der Waals surface area contributed by atoms with Crippen LogP contribution in [0.3, 0.4) is 0 Å². The Kier molecular flexibility index (Phi) is 6.45. The summed E-state index contributed by atoms with van der Waals surface area (Å²) in [4.78, 5) is 22.1.